The summed E-state index contributed by atoms with van der Waals surface area (Å²) in [4.78, 5) is 0. The molecule has 0 aromatic rings. The van der Waals surface area contributed by atoms with Crippen molar-refractivity contribution < 1.29 is 5.11 Å². The van der Waals surface area contributed by atoms with Gasteiger partial charge in [-0.05, 0) is 25.0 Å². The Hall–Kier alpha value is 0.270. The Kier molecular flexibility index (Phi) is 4.07. The highest BCUT2D eigenvalue weighted by molar-refractivity contribution is 7.99. The van der Waals surface area contributed by atoms with Gasteiger partial charge >= 0.3 is 0 Å². The van der Waals surface area contributed by atoms with Crippen LogP contribution in [0, 0.1) is 5.92 Å². The molecule has 2 nitrogen and oxygen atoms in total. The fraction of sp³-hybridized carbons (Fsp3) is 1.00. The first-order valence-corrected chi connectivity index (χ1v) is 6.22. The average Bonchev–Trinajstić information content (AvgIpc) is 2.48. The lowest BCUT2D eigenvalue weighted by atomic mass is 10.0. The maximum Gasteiger partial charge on any atom is 0.0869 e. The zero-order chi connectivity index (χ0) is 9.90. The standard InChI is InChI=1S/C10H21NOS/c1-8(2)9(3)11-6-10(12)4-5-13-7-10/h8-9,11-12H,4-7H2,1-3H3. The maximum absolute atomic E-state index is 10.0. The van der Waals surface area contributed by atoms with Gasteiger partial charge in [0.2, 0.25) is 0 Å². The van der Waals surface area contributed by atoms with Crippen LogP contribution in [0.15, 0.2) is 0 Å². The first-order valence-electron chi connectivity index (χ1n) is 5.07. The molecule has 2 atom stereocenters. The molecule has 0 aromatic heterocycles. The summed E-state index contributed by atoms with van der Waals surface area (Å²) >= 11 is 1.85. The third-order valence-electron chi connectivity index (χ3n) is 2.84. The molecule has 78 valence electrons. The van der Waals surface area contributed by atoms with Crippen molar-refractivity contribution in [2.45, 2.75) is 38.8 Å². The molecule has 0 bridgehead atoms. The normalized spacial score (nSPS) is 31.2. The van der Waals surface area contributed by atoms with Crippen LogP contribution in [0.1, 0.15) is 27.2 Å². The zero-order valence-corrected chi connectivity index (χ0v) is 9.66. The Morgan fingerprint density at radius 3 is 2.62 bits per heavy atom. The number of hydrogen-bond donors (Lipinski definition) is 2. The molecular formula is C10H21NOS. The summed E-state index contributed by atoms with van der Waals surface area (Å²) < 4.78 is 0. The van der Waals surface area contributed by atoms with Gasteiger partial charge in [-0.2, -0.15) is 11.8 Å². The van der Waals surface area contributed by atoms with Crippen molar-refractivity contribution in [1.29, 1.82) is 0 Å². The number of thioether (sulfide) groups is 1. The molecule has 1 aliphatic rings. The third-order valence-corrected chi connectivity index (χ3v) is 4.07. The number of rotatable bonds is 4. The highest BCUT2D eigenvalue weighted by Gasteiger charge is 2.31. The number of nitrogens with one attached hydrogen (secondary N) is 1. The van der Waals surface area contributed by atoms with Crippen molar-refractivity contribution in [3.8, 4) is 0 Å². The van der Waals surface area contributed by atoms with Crippen molar-refractivity contribution in [1.82, 2.24) is 5.32 Å². The van der Waals surface area contributed by atoms with E-state index in [9.17, 15) is 5.11 Å². The molecular weight excluding hydrogens is 182 g/mol. The quantitative estimate of drug-likeness (QED) is 0.726. The van der Waals surface area contributed by atoms with Gasteiger partial charge in [0.1, 0.15) is 0 Å². The Morgan fingerprint density at radius 1 is 1.46 bits per heavy atom. The van der Waals surface area contributed by atoms with Gasteiger partial charge in [-0.25, -0.2) is 0 Å². The van der Waals surface area contributed by atoms with Crippen LogP contribution in [0.4, 0.5) is 0 Å². The molecule has 2 N–H and O–H groups in total. The van der Waals surface area contributed by atoms with Gasteiger partial charge in [0.25, 0.3) is 0 Å². The van der Waals surface area contributed by atoms with Gasteiger partial charge in [0.15, 0.2) is 0 Å². The number of hydrogen-bond acceptors (Lipinski definition) is 3. The Morgan fingerprint density at radius 2 is 2.15 bits per heavy atom. The predicted molar refractivity (Wildman–Crippen MR) is 59.2 cm³/mol. The molecule has 1 rings (SSSR count). The molecule has 3 heteroatoms. The monoisotopic (exact) mass is 203 g/mol. The molecule has 0 amide bonds. The van der Waals surface area contributed by atoms with Crippen LogP contribution in [0.5, 0.6) is 0 Å². The van der Waals surface area contributed by atoms with Crippen LogP contribution in [-0.2, 0) is 0 Å². The fourth-order valence-corrected chi connectivity index (χ4v) is 2.62. The van der Waals surface area contributed by atoms with E-state index in [0.717, 1.165) is 24.5 Å². The molecule has 1 aliphatic heterocycles. The van der Waals surface area contributed by atoms with E-state index < -0.39 is 5.60 Å². The Balaban J connectivity index is 2.24. The smallest absolute Gasteiger partial charge is 0.0869 e. The molecule has 1 heterocycles. The third kappa shape index (κ3) is 3.49. The molecule has 13 heavy (non-hydrogen) atoms. The summed E-state index contributed by atoms with van der Waals surface area (Å²) in [5.74, 6) is 2.64. The van der Waals surface area contributed by atoms with E-state index in [1.54, 1.807) is 0 Å². The summed E-state index contributed by atoms with van der Waals surface area (Å²) in [5.41, 5.74) is -0.437. The summed E-state index contributed by atoms with van der Waals surface area (Å²) in [6, 6.07) is 0.495. The Labute approximate surface area is 85.5 Å². The van der Waals surface area contributed by atoms with Crippen molar-refractivity contribution >= 4 is 11.8 Å². The van der Waals surface area contributed by atoms with Crippen molar-refractivity contribution in [3.63, 3.8) is 0 Å². The average molecular weight is 203 g/mol. The zero-order valence-electron chi connectivity index (χ0n) is 8.84. The predicted octanol–water partition coefficient (Wildman–Crippen LogP) is 1.49. The lowest BCUT2D eigenvalue weighted by Gasteiger charge is -2.26. The van der Waals surface area contributed by atoms with Crippen LogP contribution in [0.25, 0.3) is 0 Å². The van der Waals surface area contributed by atoms with Crippen molar-refractivity contribution in [2.24, 2.45) is 5.92 Å². The minimum Gasteiger partial charge on any atom is -0.388 e. The van der Waals surface area contributed by atoms with Gasteiger partial charge in [-0.3, -0.25) is 0 Å². The van der Waals surface area contributed by atoms with E-state index in [2.05, 4.69) is 26.1 Å². The molecule has 0 aliphatic carbocycles. The minimum atomic E-state index is -0.437. The minimum absolute atomic E-state index is 0.437. The largest absolute Gasteiger partial charge is 0.388 e. The van der Waals surface area contributed by atoms with Crippen molar-refractivity contribution in [3.05, 3.63) is 0 Å². The highest BCUT2D eigenvalue weighted by Crippen LogP contribution is 2.27. The van der Waals surface area contributed by atoms with E-state index in [1.165, 1.54) is 0 Å². The van der Waals surface area contributed by atoms with E-state index in [1.807, 2.05) is 11.8 Å². The second-order valence-electron chi connectivity index (χ2n) is 4.44. The van der Waals surface area contributed by atoms with Crippen LogP contribution in [-0.4, -0.2) is 34.8 Å². The summed E-state index contributed by atoms with van der Waals surface area (Å²) in [5, 5.41) is 13.4. The summed E-state index contributed by atoms with van der Waals surface area (Å²) in [6.45, 7) is 7.33. The lowest BCUT2D eigenvalue weighted by molar-refractivity contribution is 0.0635. The molecule has 0 aromatic carbocycles. The number of aliphatic hydroxyl groups is 1. The first-order chi connectivity index (χ1) is 6.03. The molecule has 1 saturated heterocycles. The lowest BCUT2D eigenvalue weighted by Crippen LogP contribution is -2.45. The van der Waals surface area contributed by atoms with Crippen LogP contribution < -0.4 is 5.32 Å². The van der Waals surface area contributed by atoms with E-state index in [-0.39, 0.29) is 0 Å². The van der Waals surface area contributed by atoms with Crippen molar-refractivity contribution in [2.75, 3.05) is 18.1 Å². The van der Waals surface area contributed by atoms with E-state index >= 15 is 0 Å². The van der Waals surface area contributed by atoms with Crippen LogP contribution in [0.2, 0.25) is 0 Å². The van der Waals surface area contributed by atoms with E-state index in [4.69, 9.17) is 0 Å². The molecule has 2 unspecified atom stereocenters. The fourth-order valence-electron chi connectivity index (χ4n) is 1.32. The topological polar surface area (TPSA) is 32.3 Å². The van der Waals surface area contributed by atoms with Gasteiger partial charge in [-0.1, -0.05) is 13.8 Å². The highest BCUT2D eigenvalue weighted by atomic mass is 32.2. The van der Waals surface area contributed by atoms with Crippen LogP contribution in [0.3, 0.4) is 0 Å². The second kappa shape index (κ2) is 4.67. The SMILES string of the molecule is CC(C)C(C)NCC1(O)CCSC1. The molecule has 1 fully saturated rings. The summed E-state index contributed by atoms with van der Waals surface area (Å²) in [7, 11) is 0. The van der Waals surface area contributed by atoms with E-state index in [0.29, 0.717) is 12.0 Å². The van der Waals surface area contributed by atoms with Gasteiger partial charge in [0.05, 0.1) is 5.60 Å². The molecule has 0 saturated carbocycles. The van der Waals surface area contributed by atoms with Gasteiger partial charge in [0, 0.05) is 18.3 Å². The molecule has 0 spiro atoms. The summed E-state index contributed by atoms with van der Waals surface area (Å²) in [6.07, 6.45) is 0.940. The van der Waals surface area contributed by atoms with Crippen LogP contribution >= 0.6 is 11.8 Å². The molecule has 0 radical (unpaired) electrons. The first kappa shape index (κ1) is 11.3. The van der Waals surface area contributed by atoms with Gasteiger partial charge < -0.3 is 10.4 Å². The second-order valence-corrected chi connectivity index (χ2v) is 5.55. The van der Waals surface area contributed by atoms with Gasteiger partial charge in [-0.15, -0.1) is 0 Å². The maximum atomic E-state index is 10.0. The Bertz CT molecular complexity index is 155.